The molecule has 2 atom stereocenters. The van der Waals surface area contributed by atoms with Gasteiger partial charge < -0.3 is 10.1 Å². The van der Waals surface area contributed by atoms with E-state index in [9.17, 15) is 13.2 Å². The SMILES string of the molecule is Cc1ccc(S(=O)(=O)n2c3c(c4ccc(-n5ccc(OCc6ccccc6)cc5=O)cc42)C2CCC(C3)N2)cc1. The quantitative estimate of drug-likeness (QED) is 0.311. The van der Waals surface area contributed by atoms with Crippen molar-refractivity contribution in [2.45, 2.75) is 49.8 Å². The lowest BCUT2D eigenvalue weighted by Gasteiger charge is -2.23. The lowest BCUT2D eigenvalue weighted by Crippen LogP contribution is -2.33. The molecule has 202 valence electrons. The van der Waals surface area contributed by atoms with Gasteiger partial charge in [-0.2, -0.15) is 0 Å². The number of ether oxygens (including phenoxy) is 1. The molecule has 2 bridgehead atoms. The average Bonchev–Trinajstić information content (AvgIpc) is 3.51. The number of rotatable bonds is 6. The molecule has 0 spiro atoms. The van der Waals surface area contributed by atoms with Gasteiger partial charge in [0.2, 0.25) is 0 Å². The lowest BCUT2D eigenvalue weighted by atomic mass is 9.99. The summed E-state index contributed by atoms with van der Waals surface area (Å²) in [5.41, 5.74) is 4.85. The molecular formula is C32H29N3O4S. The minimum Gasteiger partial charge on any atom is -0.489 e. The van der Waals surface area contributed by atoms with Gasteiger partial charge in [-0.15, -0.1) is 0 Å². The Morgan fingerprint density at radius 1 is 0.950 bits per heavy atom. The molecule has 0 radical (unpaired) electrons. The van der Waals surface area contributed by atoms with Crippen LogP contribution in [0.1, 0.15) is 41.3 Å². The molecule has 0 amide bonds. The van der Waals surface area contributed by atoms with Crippen LogP contribution in [0.5, 0.6) is 5.75 Å². The van der Waals surface area contributed by atoms with Gasteiger partial charge in [-0.25, -0.2) is 12.4 Å². The van der Waals surface area contributed by atoms with Gasteiger partial charge in [0.1, 0.15) is 12.4 Å². The second kappa shape index (κ2) is 9.50. The maximum Gasteiger partial charge on any atom is 0.268 e. The third kappa shape index (κ3) is 4.15. The number of aromatic nitrogens is 2. The normalized spacial score (nSPS) is 18.1. The highest BCUT2D eigenvalue weighted by Gasteiger charge is 2.39. The van der Waals surface area contributed by atoms with E-state index >= 15 is 0 Å². The minimum absolute atomic E-state index is 0.125. The standard InChI is InChI=1S/C32H29N3O4S/c1-21-7-11-26(12-8-21)40(37,38)35-29-18-24(10-13-27(29)32-28-14-9-23(33-28)17-30(32)35)34-16-15-25(19-31(34)36)39-20-22-5-3-2-4-6-22/h2-8,10-13,15-16,18-19,23,28,33H,9,14,17,20H2,1H3. The highest BCUT2D eigenvalue weighted by Crippen LogP contribution is 2.43. The monoisotopic (exact) mass is 551 g/mol. The fourth-order valence-corrected chi connectivity index (χ4v) is 7.66. The summed E-state index contributed by atoms with van der Waals surface area (Å²) in [5, 5.41) is 4.56. The molecule has 1 N–H and O–H groups in total. The topological polar surface area (TPSA) is 82.3 Å². The van der Waals surface area contributed by atoms with Crippen LogP contribution < -0.4 is 15.6 Å². The Hall–Kier alpha value is -4.14. The van der Waals surface area contributed by atoms with E-state index in [-0.39, 0.29) is 22.5 Å². The number of hydrogen-bond donors (Lipinski definition) is 1. The summed E-state index contributed by atoms with van der Waals surface area (Å²) >= 11 is 0. The van der Waals surface area contributed by atoms with Crippen molar-refractivity contribution in [1.82, 2.24) is 13.9 Å². The molecule has 2 aliphatic heterocycles. The number of nitrogens with zero attached hydrogens (tertiary/aromatic N) is 2. The van der Waals surface area contributed by atoms with Crippen molar-refractivity contribution < 1.29 is 13.2 Å². The Labute approximate surface area is 232 Å². The molecule has 40 heavy (non-hydrogen) atoms. The fraction of sp³-hybridized carbons (Fsp3) is 0.219. The van der Waals surface area contributed by atoms with Crippen LogP contribution in [-0.2, 0) is 23.1 Å². The maximum atomic E-state index is 14.1. The van der Waals surface area contributed by atoms with Crippen LogP contribution in [-0.4, -0.2) is 23.0 Å². The zero-order chi connectivity index (χ0) is 27.4. The predicted octanol–water partition coefficient (Wildman–Crippen LogP) is 5.27. The Balaban J connectivity index is 1.33. The highest BCUT2D eigenvalue weighted by atomic mass is 32.2. The van der Waals surface area contributed by atoms with E-state index in [1.807, 2.05) is 67.6 Å². The van der Waals surface area contributed by atoms with Crippen molar-refractivity contribution in [3.05, 3.63) is 124 Å². The van der Waals surface area contributed by atoms with Crippen LogP contribution in [0.4, 0.5) is 0 Å². The summed E-state index contributed by atoms with van der Waals surface area (Å²) in [6.45, 7) is 2.30. The molecule has 0 aliphatic carbocycles. The molecular weight excluding hydrogens is 522 g/mol. The highest BCUT2D eigenvalue weighted by molar-refractivity contribution is 7.90. The van der Waals surface area contributed by atoms with Gasteiger partial charge in [0, 0.05) is 41.8 Å². The van der Waals surface area contributed by atoms with Gasteiger partial charge in [-0.05, 0) is 61.2 Å². The summed E-state index contributed by atoms with van der Waals surface area (Å²) in [7, 11) is -3.87. The van der Waals surface area contributed by atoms with E-state index in [4.69, 9.17) is 4.74 Å². The Bertz CT molecular complexity index is 1910. The second-order valence-corrected chi connectivity index (χ2v) is 12.5. The summed E-state index contributed by atoms with van der Waals surface area (Å²) < 4.78 is 37.1. The lowest BCUT2D eigenvalue weighted by molar-refractivity contribution is 0.305. The van der Waals surface area contributed by atoms with E-state index in [0.717, 1.165) is 40.6 Å². The van der Waals surface area contributed by atoms with Crippen LogP contribution in [0.2, 0.25) is 0 Å². The second-order valence-electron chi connectivity index (χ2n) is 10.7. The number of nitrogens with one attached hydrogen (secondary N) is 1. The Morgan fingerprint density at radius 2 is 1.75 bits per heavy atom. The molecule has 2 aromatic heterocycles. The number of pyridine rings is 1. The van der Waals surface area contributed by atoms with Crippen LogP contribution >= 0.6 is 0 Å². The van der Waals surface area contributed by atoms with E-state index < -0.39 is 10.0 Å². The van der Waals surface area contributed by atoms with Crippen LogP contribution in [0, 0.1) is 6.92 Å². The third-order valence-corrected chi connectivity index (χ3v) is 9.82. The van der Waals surface area contributed by atoms with Crippen LogP contribution in [0.15, 0.2) is 101 Å². The first-order chi connectivity index (χ1) is 19.4. The molecule has 7 nitrogen and oxygen atoms in total. The number of benzene rings is 3. The van der Waals surface area contributed by atoms with E-state index in [0.29, 0.717) is 30.0 Å². The zero-order valence-electron chi connectivity index (χ0n) is 22.1. The summed E-state index contributed by atoms with van der Waals surface area (Å²) in [4.78, 5) is 13.4. The molecule has 2 aliphatic rings. The molecule has 8 heteroatoms. The molecule has 0 saturated carbocycles. The molecule has 5 aromatic rings. The van der Waals surface area contributed by atoms with Gasteiger partial charge in [0.25, 0.3) is 15.6 Å². The molecule has 1 saturated heterocycles. The number of fused-ring (bicyclic) bond motifs is 6. The maximum absolute atomic E-state index is 14.1. The van der Waals surface area contributed by atoms with E-state index in [2.05, 4.69) is 5.32 Å². The molecule has 2 unspecified atom stereocenters. The van der Waals surface area contributed by atoms with Crippen molar-refractivity contribution >= 4 is 20.9 Å². The Morgan fingerprint density at radius 3 is 2.52 bits per heavy atom. The van der Waals surface area contributed by atoms with Gasteiger partial charge in [-0.1, -0.05) is 54.1 Å². The van der Waals surface area contributed by atoms with E-state index in [1.54, 1.807) is 24.4 Å². The minimum atomic E-state index is -3.87. The first-order valence-electron chi connectivity index (χ1n) is 13.5. The van der Waals surface area contributed by atoms with Crippen molar-refractivity contribution in [3.8, 4) is 11.4 Å². The van der Waals surface area contributed by atoms with Crippen LogP contribution in [0.3, 0.4) is 0 Å². The fourth-order valence-electron chi connectivity index (χ4n) is 6.09. The number of hydrogen-bond acceptors (Lipinski definition) is 5. The van der Waals surface area contributed by atoms with Crippen molar-refractivity contribution in [2.75, 3.05) is 0 Å². The van der Waals surface area contributed by atoms with Crippen molar-refractivity contribution in [3.63, 3.8) is 0 Å². The summed E-state index contributed by atoms with van der Waals surface area (Å²) in [6.07, 6.45) is 4.33. The van der Waals surface area contributed by atoms with Gasteiger partial charge in [-0.3, -0.25) is 9.36 Å². The van der Waals surface area contributed by atoms with Gasteiger partial charge in [0.05, 0.1) is 16.1 Å². The molecule has 1 fully saturated rings. The number of aryl methyl sites for hydroxylation is 1. The molecule has 4 heterocycles. The average molecular weight is 552 g/mol. The van der Waals surface area contributed by atoms with Gasteiger partial charge >= 0.3 is 0 Å². The molecule has 7 rings (SSSR count). The Kier molecular flexibility index (Phi) is 5.91. The zero-order valence-corrected chi connectivity index (χ0v) is 22.9. The molecule has 3 aromatic carbocycles. The van der Waals surface area contributed by atoms with Crippen molar-refractivity contribution in [1.29, 1.82) is 0 Å². The summed E-state index contributed by atoms with van der Waals surface area (Å²) in [5.74, 6) is 0.481. The predicted molar refractivity (Wildman–Crippen MR) is 155 cm³/mol. The summed E-state index contributed by atoms with van der Waals surface area (Å²) in [6, 6.07) is 26.0. The van der Waals surface area contributed by atoms with Gasteiger partial charge in [0.15, 0.2) is 0 Å². The van der Waals surface area contributed by atoms with Crippen LogP contribution in [0.25, 0.3) is 16.6 Å². The van der Waals surface area contributed by atoms with E-state index in [1.165, 1.54) is 14.6 Å². The first-order valence-corrected chi connectivity index (χ1v) is 15.0. The largest absolute Gasteiger partial charge is 0.489 e. The van der Waals surface area contributed by atoms with Crippen molar-refractivity contribution in [2.24, 2.45) is 0 Å². The third-order valence-electron chi connectivity index (χ3n) is 8.05. The first kappa shape index (κ1) is 24.9. The smallest absolute Gasteiger partial charge is 0.268 e.